The van der Waals surface area contributed by atoms with E-state index in [0.29, 0.717) is 29.5 Å². The summed E-state index contributed by atoms with van der Waals surface area (Å²) in [7, 11) is 0. The maximum atomic E-state index is 11.9. The van der Waals surface area contributed by atoms with Gasteiger partial charge in [0, 0.05) is 23.6 Å². The number of hydrogen-bond acceptors (Lipinski definition) is 5. The van der Waals surface area contributed by atoms with Gasteiger partial charge in [0.25, 0.3) is 5.69 Å². The Morgan fingerprint density at radius 2 is 1.88 bits per heavy atom. The van der Waals surface area contributed by atoms with Gasteiger partial charge in [0.05, 0.1) is 10.7 Å². The summed E-state index contributed by atoms with van der Waals surface area (Å²) in [6, 6.07) is 13.4. The first-order valence-electron chi connectivity index (χ1n) is 7.53. The van der Waals surface area contributed by atoms with E-state index in [2.05, 4.69) is 11.9 Å². The lowest BCUT2D eigenvalue weighted by atomic mass is 10.2. The molecule has 6 nitrogen and oxygen atoms in total. The highest BCUT2D eigenvalue weighted by Gasteiger charge is 2.06. The molecule has 0 heterocycles. The number of benzene rings is 2. The smallest absolute Gasteiger partial charge is 0.269 e. The molecule has 130 valence electrons. The number of carbonyl (C=O) groups is 1. The number of hydrogen-bond donors (Lipinski definition) is 1. The number of anilines is 1. The summed E-state index contributed by atoms with van der Waals surface area (Å²) in [6.07, 6.45) is 1.66. The molecule has 0 unspecified atom stereocenters. The van der Waals surface area contributed by atoms with Gasteiger partial charge in [-0.15, -0.1) is 11.8 Å². The number of nitrogens with one attached hydrogen (secondary N) is 1. The van der Waals surface area contributed by atoms with E-state index in [0.717, 1.165) is 5.56 Å². The molecule has 7 heteroatoms. The summed E-state index contributed by atoms with van der Waals surface area (Å²) in [4.78, 5) is 22.1. The van der Waals surface area contributed by atoms with E-state index in [1.165, 1.54) is 23.9 Å². The summed E-state index contributed by atoms with van der Waals surface area (Å²) in [5.41, 5.74) is 1.70. The summed E-state index contributed by atoms with van der Waals surface area (Å²) in [6.45, 7) is 4.02. The number of nitro groups is 1. The lowest BCUT2D eigenvalue weighted by Gasteiger charge is -2.07. The van der Waals surface area contributed by atoms with Crippen molar-refractivity contribution in [1.82, 2.24) is 0 Å². The van der Waals surface area contributed by atoms with E-state index in [1.54, 1.807) is 42.5 Å². The van der Waals surface area contributed by atoms with Crippen LogP contribution in [0.5, 0.6) is 5.75 Å². The molecule has 0 fully saturated rings. The number of ether oxygens (including phenoxy) is 1. The van der Waals surface area contributed by atoms with Gasteiger partial charge in [0.1, 0.15) is 12.4 Å². The summed E-state index contributed by atoms with van der Waals surface area (Å²) >= 11 is 1.44. The quantitative estimate of drug-likeness (QED) is 0.416. The fraction of sp³-hybridized carbons (Fsp3) is 0.167. The maximum Gasteiger partial charge on any atom is 0.269 e. The summed E-state index contributed by atoms with van der Waals surface area (Å²) < 4.78 is 5.38. The monoisotopic (exact) mass is 358 g/mol. The molecule has 2 rings (SSSR count). The largest absolute Gasteiger partial charge is 0.490 e. The highest BCUT2D eigenvalue weighted by atomic mass is 32.2. The zero-order valence-corrected chi connectivity index (χ0v) is 14.3. The Balaban J connectivity index is 1.74. The van der Waals surface area contributed by atoms with Crippen molar-refractivity contribution < 1.29 is 14.5 Å². The molecule has 0 radical (unpaired) electrons. The topological polar surface area (TPSA) is 81.5 Å². The van der Waals surface area contributed by atoms with Crippen LogP contribution in [0.4, 0.5) is 11.4 Å². The van der Waals surface area contributed by atoms with Crippen molar-refractivity contribution in [3.05, 3.63) is 76.9 Å². The molecule has 1 amide bonds. The second-order valence-corrected chi connectivity index (χ2v) is 6.07. The lowest BCUT2D eigenvalue weighted by Crippen LogP contribution is -2.14. The Morgan fingerprint density at radius 1 is 1.20 bits per heavy atom. The van der Waals surface area contributed by atoms with Crippen LogP contribution in [0.3, 0.4) is 0 Å². The summed E-state index contributed by atoms with van der Waals surface area (Å²) in [5, 5.41) is 13.4. The molecule has 2 aromatic rings. The Bertz CT molecular complexity index is 730. The molecule has 0 spiro atoms. The lowest BCUT2D eigenvalue weighted by molar-refractivity contribution is -0.384. The van der Waals surface area contributed by atoms with E-state index < -0.39 is 4.92 Å². The van der Waals surface area contributed by atoms with E-state index >= 15 is 0 Å². The van der Waals surface area contributed by atoms with E-state index in [1.807, 2.05) is 0 Å². The molecular weight excluding hydrogens is 340 g/mol. The third-order valence-corrected chi connectivity index (χ3v) is 4.16. The predicted molar refractivity (Wildman–Crippen MR) is 100 cm³/mol. The highest BCUT2D eigenvalue weighted by Crippen LogP contribution is 2.18. The van der Waals surface area contributed by atoms with E-state index in [-0.39, 0.29) is 11.6 Å². The first-order chi connectivity index (χ1) is 12.1. The molecule has 0 bridgehead atoms. The van der Waals surface area contributed by atoms with Crippen LogP contribution < -0.4 is 10.1 Å². The van der Waals surface area contributed by atoms with Gasteiger partial charge in [-0.1, -0.05) is 24.8 Å². The maximum absolute atomic E-state index is 11.9. The van der Waals surface area contributed by atoms with Gasteiger partial charge in [-0.2, -0.15) is 0 Å². The number of carbonyl (C=O) groups excluding carboxylic acids is 1. The Hall–Kier alpha value is -2.80. The number of non-ortho nitro benzene ring substituents is 1. The third kappa shape index (κ3) is 6.31. The van der Waals surface area contributed by atoms with Crippen molar-refractivity contribution >= 4 is 29.0 Å². The SMILES string of the molecule is C=CCOc1ccc(NC(=O)CSCc2ccc([N+](=O)[O-])cc2)cc1. The van der Waals surface area contributed by atoms with Crippen LogP contribution in [-0.4, -0.2) is 23.2 Å². The zero-order valence-electron chi connectivity index (χ0n) is 13.5. The minimum absolute atomic E-state index is 0.0620. The normalized spacial score (nSPS) is 10.1. The van der Waals surface area contributed by atoms with Crippen LogP contribution in [0.15, 0.2) is 61.2 Å². The third-order valence-electron chi connectivity index (χ3n) is 3.15. The van der Waals surface area contributed by atoms with Crippen LogP contribution in [0, 0.1) is 10.1 Å². The van der Waals surface area contributed by atoms with Gasteiger partial charge >= 0.3 is 0 Å². The van der Waals surface area contributed by atoms with Crippen LogP contribution in [0.1, 0.15) is 5.56 Å². The van der Waals surface area contributed by atoms with E-state index in [4.69, 9.17) is 4.74 Å². The molecule has 0 aromatic heterocycles. The fourth-order valence-electron chi connectivity index (χ4n) is 1.96. The van der Waals surface area contributed by atoms with Gasteiger partial charge in [-0.25, -0.2) is 0 Å². The van der Waals surface area contributed by atoms with E-state index in [9.17, 15) is 14.9 Å². The van der Waals surface area contributed by atoms with Gasteiger partial charge in [0.2, 0.25) is 5.91 Å². The molecular formula is C18H18N2O4S. The molecule has 0 atom stereocenters. The van der Waals surface area contributed by atoms with Crippen LogP contribution >= 0.6 is 11.8 Å². The van der Waals surface area contributed by atoms with Crippen molar-refractivity contribution in [2.75, 3.05) is 17.7 Å². The first-order valence-corrected chi connectivity index (χ1v) is 8.68. The number of nitrogens with zero attached hydrogens (tertiary/aromatic N) is 1. The minimum Gasteiger partial charge on any atom is -0.490 e. The second kappa shape index (κ2) is 9.48. The predicted octanol–water partition coefficient (Wildman–Crippen LogP) is 4.03. The van der Waals surface area contributed by atoms with Crippen LogP contribution in [0.2, 0.25) is 0 Å². The molecule has 25 heavy (non-hydrogen) atoms. The number of nitro benzene ring substituents is 1. The highest BCUT2D eigenvalue weighted by molar-refractivity contribution is 7.99. The Morgan fingerprint density at radius 3 is 2.48 bits per heavy atom. The van der Waals surface area contributed by atoms with Crippen molar-refractivity contribution in [1.29, 1.82) is 0 Å². The van der Waals surface area contributed by atoms with Crippen LogP contribution in [-0.2, 0) is 10.5 Å². The molecule has 0 saturated heterocycles. The van der Waals surface area contributed by atoms with Crippen molar-refractivity contribution in [2.24, 2.45) is 0 Å². The standard InChI is InChI=1S/C18H18N2O4S/c1-2-11-24-17-9-5-15(6-10-17)19-18(21)13-25-12-14-3-7-16(8-4-14)20(22)23/h2-10H,1,11-13H2,(H,19,21). The second-order valence-electron chi connectivity index (χ2n) is 5.09. The average molecular weight is 358 g/mol. The number of rotatable bonds is 9. The number of thioether (sulfide) groups is 1. The fourth-order valence-corrected chi connectivity index (χ4v) is 2.75. The molecule has 0 aliphatic heterocycles. The molecule has 1 N–H and O–H groups in total. The molecule has 0 saturated carbocycles. The van der Waals surface area contributed by atoms with Gasteiger partial charge in [-0.3, -0.25) is 14.9 Å². The molecule has 2 aromatic carbocycles. The summed E-state index contributed by atoms with van der Waals surface area (Å²) in [5.74, 6) is 1.52. The van der Waals surface area contributed by atoms with Gasteiger partial charge in [-0.05, 0) is 29.8 Å². The zero-order chi connectivity index (χ0) is 18.1. The van der Waals surface area contributed by atoms with Gasteiger partial charge < -0.3 is 10.1 Å². The van der Waals surface area contributed by atoms with Crippen molar-refractivity contribution in [3.8, 4) is 5.75 Å². The van der Waals surface area contributed by atoms with Crippen LogP contribution in [0.25, 0.3) is 0 Å². The minimum atomic E-state index is -0.432. The first kappa shape index (κ1) is 18.5. The number of amides is 1. The molecule has 0 aliphatic carbocycles. The molecule has 0 aliphatic rings. The van der Waals surface area contributed by atoms with Gasteiger partial charge in [0.15, 0.2) is 0 Å². The Labute approximate surface area is 150 Å². The Kier molecular flexibility index (Phi) is 7.03. The van der Waals surface area contributed by atoms with Crippen molar-refractivity contribution in [3.63, 3.8) is 0 Å². The average Bonchev–Trinajstić information content (AvgIpc) is 2.61. The van der Waals surface area contributed by atoms with Crippen molar-refractivity contribution in [2.45, 2.75) is 5.75 Å².